The van der Waals surface area contributed by atoms with Crippen LogP contribution in [0.5, 0.6) is 0 Å². The summed E-state index contributed by atoms with van der Waals surface area (Å²) in [6.45, 7) is 8.21. The maximum Gasteiger partial charge on any atom is 0.407 e. The number of alkyl carbamates (subject to hydrolysis) is 2. The van der Waals surface area contributed by atoms with Crippen LogP contribution in [0.3, 0.4) is 0 Å². The number of hydrogen-bond acceptors (Lipinski definition) is 9. The van der Waals surface area contributed by atoms with Crippen LogP contribution < -0.4 is 10.6 Å². The van der Waals surface area contributed by atoms with Crippen molar-refractivity contribution < 1.29 is 33.1 Å². The zero-order valence-electron chi connectivity index (χ0n) is 33.1. The second-order valence-corrected chi connectivity index (χ2v) is 16.2. The number of imidazole rings is 2. The van der Waals surface area contributed by atoms with E-state index in [0.29, 0.717) is 12.4 Å². The van der Waals surface area contributed by atoms with Crippen molar-refractivity contribution in [2.24, 2.45) is 17.8 Å². The number of aromatic nitrogens is 4. The minimum absolute atomic E-state index is 0.104. The molecule has 3 aromatic heterocycles. The third-order valence-electron chi connectivity index (χ3n) is 12.0. The fraction of sp³-hybridized carbons (Fsp3) is 0.476. The molecule has 4 amide bonds. The van der Waals surface area contributed by atoms with Crippen molar-refractivity contribution in [3.63, 3.8) is 0 Å². The lowest BCUT2D eigenvalue weighted by molar-refractivity contribution is -0.139. The first-order valence-electron chi connectivity index (χ1n) is 19.8. The Bertz CT molecular complexity index is 2330. The van der Waals surface area contributed by atoms with Crippen molar-refractivity contribution in [1.29, 1.82) is 0 Å². The van der Waals surface area contributed by atoms with Crippen molar-refractivity contribution >= 4 is 45.9 Å². The molecule has 57 heavy (non-hydrogen) atoms. The molecule has 2 bridgehead atoms. The Morgan fingerprint density at radius 3 is 1.91 bits per heavy atom. The van der Waals surface area contributed by atoms with Gasteiger partial charge in [0.1, 0.15) is 34.9 Å². The lowest BCUT2D eigenvalue weighted by atomic mass is 9.95. The number of likely N-dealkylation sites (tertiary alicyclic amines) is 2. The number of hydrogen-bond donors (Lipinski definition) is 4. The molecule has 0 spiro atoms. The first-order valence-corrected chi connectivity index (χ1v) is 19.8. The van der Waals surface area contributed by atoms with E-state index < -0.39 is 24.3 Å². The highest BCUT2D eigenvalue weighted by Gasteiger charge is 2.51. The van der Waals surface area contributed by atoms with Gasteiger partial charge in [-0.2, -0.15) is 0 Å². The van der Waals surface area contributed by atoms with E-state index in [-0.39, 0.29) is 47.7 Å². The SMILES string of the molecule is COC(=O)N[C@H](C(=O)N1CCC[C@H]1c1ncc(-c2ccc3c(c2)oc2cc(-c4cnc([C@@H]5[C@H]6CC[C@H](C6)N5C(=O)[C@@H](NC(=O)OC)C(C)C)[nH]4)ccc23)[nH]1)C(C)C. The molecule has 0 unspecified atom stereocenters. The second-order valence-electron chi connectivity index (χ2n) is 16.2. The van der Waals surface area contributed by atoms with Gasteiger partial charge in [0.2, 0.25) is 11.8 Å². The highest BCUT2D eigenvalue weighted by Crippen LogP contribution is 2.50. The molecule has 0 radical (unpaired) electrons. The summed E-state index contributed by atoms with van der Waals surface area (Å²) in [4.78, 5) is 72.0. The molecule has 1 aliphatic carbocycles. The van der Waals surface area contributed by atoms with Gasteiger partial charge in [0.05, 0.1) is 50.1 Å². The molecular weight excluding hydrogens is 729 g/mol. The summed E-state index contributed by atoms with van der Waals surface area (Å²) in [6.07, 6.45) is 6.80. The van der Waals surface area contributed by atoms with Crippen LogP contribution in [-0.2, 0) is 19.1 Å². The van der Waals surface area contributed by atoms with Crippen LogP contribution in [0.1, 0.15) is 83.5 Å². The first-order chi connectivity index (χ1) is 27.4. The number of fused-ring (bicyclic) bond motifs is 5. The van der Waals surface area contributed by atoms with Gasteiger partial charge >= 0.3 is 12.2 Å². The van der Waals surface area contributed by atoms with E-state index >= 15 is 0 Å². The zero-order chi connectivity index (χ0) is 40.1. The molecule has 5 heterocycles. The minimum Gasteiger partial charge on any atom is -0.456 e. The number of H-pyrrole nitrogens is 2. The molecule has 300 valence electrons. The molecule has 2 aliphatic heterocycles. The van der Waals surface area contributed by atoms with Crippen LogP contribution in [0.15, 0.2) is 53.2 Å². The van der Waals surface area contributed by atoms with E-state index in [2.05, 4.69) is 26.7 Å². The first kappa shape index (κ1) is 38.0. The Morgan fingerprint density at radius 2 is 1.33 bits per heavy atom. The van der Waals surface area contributed by atoms with E-state index in [1.165, 1.54) is 14.2 Å². The number of piperidine rings is 1. The molecule has 2 aromatic carbocycles. The molecule has 3 aliphatic rings. The largest absolute Gasteiger partial charge is 0.456 e. The number of nitrogens with one attached hydrogen (secondary N) is 4. The highest BCUT2D eigenvalue weighted by atomic mass is 16.5. The standard InChI is InChI=1S/C42H50N8O7/c1-21(2)34(47-41(53)55-5)39(51)49-15-7-8-31(49)37-43-19-29(45-37)23-10-13-27-28-14-11-24(18-33(28)57-32(27)17-23)30-20-44-38(46-30)36-25-9-12-26(16-25)50(36)40(52)35(22(3)4)48-42(54)56-6/h10-11,13-14,17-22,25-26,31,34-36H,7-9,12,15-16H2,1-6H3,(H,43,45)(H,44,46)(H,47,53)(H,48,54)/t25-,26+,31-,34-,35-,36-/m0/s1. The molecule has 6 atom stereocenters. The Kier molecular flexibility index (Phi) is 10.2. The smallest absolute Gasteiger partial charge is 0.407 e. The van der Waals surface area contributed by atoms with Gasteiger partial charge in [-0.25, -0.2) is 19.6 Å². The quantitative estimate of drug-likeness (QED) is 0.118. The summed E-state index contributed by atoms with van der Waals surface area (Å²) >= 11 is 0. The Balaban J connectivity index is 1.02. The number of nitrogens with zero attached hydrogens (tertiary/aromatic N) is 4. The molecule has 3 fully saturated rings. The van der Waals surface area contributed by atoms with Crippen molar-refractivity contribution in [3.05, 3.63) is 60.4 Å². The normalized spacial score (nSPS) is 21.5. The maximum absolute atomic E-state index is 14.0. The van der Waals surface area contributed by atoms with E-state index in [0.717, 1.165) is 82.4 Å². The predicted molar refractivity (Wildman–Crippen MR) is 212 cm³/mol. The minimum atomic E-state index is -0.705. The Labute approximate surface area is 330 Å². The van der Waals surface area contributed by atoms with Gasteiger partial charge in [-0.1, -0.05) is 39.8 Å². The molecule has 1 saturated carbocycles. The number of rotatable bonds is 10. The average molecular weight is 779 g/mol. The van der Waals surface area contributed by atoms with Crippen molar-refractivity contribution in [2.45, 2.75) is 90.0 Å². The van der Waals surface area contributed by atoms with Crippen LogP contribution in [-0.4, -0.2) is 92.6 Å². The van der Waals surface area contributed by atoms with Crippen molar-refractivity contribution in [1.82, 2.24) is 40.4 Å². The molecule has 4 N–H and O–H groups in total. The summed E-state index contributed by atoms with van der Waals surface area (Å²) in [5.41, 5.74) is 4.88. The molecule has 8 rings (SSSR count). The van der Waals surface area contributed by atoms with Crippen LogP contribution in [0.4, 0.5) is 9.59 Å². The van der Waals surface area contributed by atoms with E-state index in [9.17, 15) is 19.2 Å². The number of methoxy groups -OCH3 is 2. The molecule has 5 aromatic rings. The summed E-state index contributed by atoms with van der Waals surface area (Å²) in [7, 11) is 2.59. The Morgan fingerprint density at radius 1 is 0.772 bits per heavy atom. The number of furan rings is 1. The third kappa shape index (κ3) is 6.97. The van der Waals surface area contributed by atoms with Gasteiger partial charge in [0, 0.05) is 34.5 Å². The molecule has 15 nitrogen and oxygen atoms in total. The maximum atomic E-state index is 14.0. The number of carbonyl (C=O) groups is 4. The predicted octanol–water partition coefficient (Wildman–Crippen LogP) is 6.84. The third-order valence-corrected chi connectivity index (χ3v) is 12.0. The van der Waals surface area contributed by atoms with Crippen LogP contribution in [0.2, 0.25) is 0 Å². The van der Waals surface area contributed by atoms with Gasteiger partial charge in [-0.3, -0.25) is 9.59 Å². The number of benzene rings is 2. The van der Waals surface area contributed by atoms with E-state index in [1.807, 2.05) is 69.1 Å². The average Bonchev–Trinajstić information content (AvgIpc) is 4.07. The number of amides is 4. The summed E-state index contributed by atoms with van der Waals surface area (Å²) in [6, 6.07) is 10.4. The second kappa shape index (κ2) is 15.2. The van der Waals surface area contributed by atoms with Gasteiger partial charge in [-0.15, -0.1) is 0 Å². The van der Waals surface area contributed by atoms with E-state index in [4.69, 9.17) is 23.9 Å². The zero-order valence-corrected chi connectivity index (χ0v) is 33.1. The number of aromatic amines is 2. The highest BCUT2D eigenvalue weighted by molar-refractivity contribution is 6.06. The number of carbonyl (C=O) groups excluding carboxylic acids is 4. The Hall–Kier alpha value is -5.86. The monoisotopic (exact) mass is 778 g/mol. The summed E-state index contributed by atoms with van der Waals surface area (Å²) in [5, 5.41) is 7.41. The molecular formula is C42H50N8O7. The molecule has 15 heteroatoms. The van der Waals surface area contributed by atoms with Crippen molar-refractivity contribution in [2.75, 3.05) is 20.8 Å². The number of ether oxygens (including phenoxy) is 2. The fourth-order valence-corrected chi connectivity index (χ4v) is 9.11. The van der Waals surface area contributed by atoms with Crippen LogP contribution in [0, 0.1) is 17.8 Å². The van der Waals surface area contributed by atoms with Gasteiger partial charge in [0.15, 0.2) is 0 Å². The van der Waals surface area contributed by atoms with Gasteiger partial charge < -0.3 is 44.3 Å². The van der Waals surface area contributed by atoms with E-state index in [1.54, 1.807) is 11.1 Å². The van der Waals surface area contributed by atoms with Crippen LogP contribution in [0.25, 0.3) is 44.5 Å². The molecule has 2 saturated heterocycles. The van der Waals surface area contributed by atoms with Crippen molar-refractivity contribution in [3.8, 4) is 22.5 Å². The topological polar surface area (TPSA) is 188 Å². The van der Waals surface area contributed by atoms with Crippen LogP contribution >= 0.6 is 0 Å². The summed E-state index contributed by atoms with van der Waals surface area (Å²) in [5.74, 6) is 1.22. The lowest BCUT2D eigenvalue weighted by Crippen LogP contribution is -2.54. The lowest BCUT2D eigenvalue weighted by Gasteiger charge is -2.37. The summed E-state index contributed by atoms with van der Waals surface area (Å²) < 4.78 is 16.0. The fourth-order valence-electron chi connectivity index (χ4n) is 9.11. The van der Waals surface area contributed by atoms with Gasteiger partial charge in [-0.05, 0) is 74.1 Å². The van der Waals surface area contributed by atoms with Gasteiger partial charge in [0.25, 0.3) is 0 Å².